The van der Waals surface area contributed by atoms with Crippen LogP contribution in [0.1, 0.15) is 0 Å². The number of rotatable bonds is 0. The smallest absolute Gasteiger partial charge is 0.321 e. The lowest BCUT2D eigenvalue weighted by Gasteiger charge is -2.24. The number of nitrogens with zero attached hydrogens (tertiary/aromatic N) is 4. The Bertz CT molecular complexity index is 298. The van der Waals surface area contributed by atoms with Crippen LogP contribution in [0.25, 0.3) is 0 Å². The summed E-state index contributed by atoms with van der Waals surface area (Å²) in [5.41, 5.74) is 0. The lowest BCUT2D eigenvalue weighted by Crippen LogP contribution is -2.42. The second kappa shape index (κ2) is 2.26. The number of hydrogen-bond acceptors (Lipinski definition) is 5. The second-order valence-electron chi connectivity index (χ2n) is 2.92. The lowest BCUT2D eigenvalue weighted by atomic mass is 10.4. The van der Waals surface area contributed by atoms with Gasteiger partial charge in [0.1, 0.15) is 0 Å². The average Bonchev–Trinajstić information content (AvgIpc) is 2.42. The molecule has 0 aliphatic carbocycles. The van der Waals surface area contributed by atoms with E-state index in [0.717, 1.165) is 13.1 Å². The van der Waals surface area contributed by atoms with Gasteiger partial charge < -0.3 is 14.7 Å². The summed E-state index contributed by atoms with van der Waals surface area (Å²) in [6.07, 6.45) is 0. The van der Waals surface area contributed by atoms with Crippen LogP contribution in [0.4, 0.5) is 11.6 Å². The number of hydrogen-bond donors (Lipinski definition) is 0. The van der Waals surface area contributed by atoms with Crippen molar-refractivity contribution >= 4 is 11.6 Å². The zero-order chi connectivity index (χ0) is 8.72. The maximum Gasteiger partial charge on any atom is 0.321 e. The zero-order valence-corrected chi connectivity index (χ0v) is 7.02. The first-order chi connectivity index (χ1) is 5.70. The Balaban J connectivity index is 2.50. The molecule has 0 unspecified atom stereocenters. The van der Waals surface area contributed by atoms with Crippen molar-refractivity contribution in [2.75, 3.05) is 37.0 Å². The quantitative estimate of drug-likeness (QED) is 0.477. The van der Waals surface area contributed by atoms with E-state index in [-0.39, 0.29) is 0 Å². The van der Waals surface area contributed by atoms with E-state index < -0.39 is 0 Å². The van der Waals surface area contributed by atoms with Gasteiger partial charge in [0.2, 0.25) is 0 Å². The molecule has 1 aliphatic rings. The fourth-order valence-corrected chi connectivity index (χ4v) is 1.30. The lowest BCUT2D eigenvalue weighted by molar-refractivity contribution is -0.792. The Morgan fingerprint density at radius 3 is 2.75 bits per heavy atom. The Morgan fingerprint density at radius 2 is 2.08 bits per heavy atom. The molecule has 0 bridgehead atoms. The van der Waals surface area contributed by atoms with Gasteiger partial charge in [0.05, 0.1) is 20.1 Å². The monoisotopic (exact) mass is 170 g/mol. The molecule has 0 amide bonds. The van der Waals surface area contributed by atoms with Crippen molar-refractivity contribution in [1.29, 1.82) is 0 Å². The van der Waals surface area contributed by atoms with E-state index in [4.69, 9.17) is 0 Å². The number of aromatic nitrogens is 2. The predicted molar refractivity (Wildman–Crippen MR) is 42.0 cm³/mol. The van der Waals surface area contributed by atoms with Crippen LogP contribution in [-0.4, -0.2) is 32.3 Å². The maximum absolute atomic E-state index is 11.0. The Kier molecular flexibility index (Phi) is 1.36. The summed E-state index contributed by atoms with van der Waals surface area (Å²) in [6, 6.07) is 0. The average molecular weight is 170 g/mol. The van der Waals surface area contributed by atoms with Gasteiger partial charge in [-0.25, -0.2) is 0 Å². The highest BCUT2D eigenvalue weighted by atomic mass is 16.8. The summed E-state index contributed by atoms with van der Waals surface area (Å²) in [5.74, 6) is 1.10. The fourth-order valence-electron chi connectivity index (χ4n) is 1.30. The summed E-state index contributed by atoms with van der Waals surface area (Å²) in [5, 5.41) is 14.7. The minimum atomic E-state index is 0.436. The van der Waals surface area contributed by atoms with Gasteiger partial charge in [-0.05, 0) is 5.16 Å². The molecule has 1 aliphatic heterocycles. The van der Waals surface area contributed by atoms with Crippen molar-refractivity contribution < 1.29 is 9.53 Å². The van der Waals surface area contributed by atoms with E-state index in [2.05, 4.69) is 9.79 Å². The van der Waals surface area contributed by atoms with E-state index in [0.29, 0.717) is 16.5 Å². The first-order valence-electron chi connectivity index (χ1n) is 3.72. The van der Waals surface area contributed by atoms with E-state index >= 15 is 0 Å². The Morgan fingerprint density at radius 1 is 1.42 bits per heavy atom. The molecule has 1 aromatic heterocycles. The molecule has 2 rings (SSSR count). The number of fused-ring (bicyclic) bond motifs is 1. The van der Waals surface area contributed by atoms with Crippen LogP contribution in [-0.2, 0) is 0 Å². The van der Waals surface area contributed by atoms with Gasteiger partial charge in [-0.2, -0.15) is 0 Å². The van der Waals surface area contributed by atoms with Crippen LogP contribution < -0.4 is 14.7 Å². The third kappa shape index (κ3) is 0.806. The van der Waals surface area contributed by atoms with Crippen molar-refractivity contribution in [3.63, 3.8) is 0 Å². The molecule has 1 aromatic rings. The molecular formula is C6H10N4O2. The van der Waals surface area contributed by atoms with Gasteiger partial charge in [-0.15, -0.1) is 0 Å². The molecule has 0 spiro atoms. The standard InChI is InChI=1S/C6H10N4O2/c1-8-3-4-9(2)6-5(8)7-12-10(6)11/h3-4H2,1-2H3. The van der Waals surface area contributed by atoms with Crippen molar-refractivity contribution in [2.45, 2.75) is 0 Å². The first-order valence-corrected chi connectivity index (χ1v) is 3.72. The molecule has 0 N–H and O–H groups in total. The van der Waals surface area contributed by atoms with E-state index in [1.165, 1.54) is 0 Å². The summed E-state index contributed by atoms with van der Waals surface area (Å²) in [4.78, 5) is 4.16. The van der Waals surface area contributed by atoms with Crippen LogP contribution in [0, 0.1) is 5.21 Å². The van der Waals surface area contributed by atoms with Gasteiger partial charge in [-0.3, -0.25) is 4.90 Å². The van der Waals surface area contributed by atoms with Crippen LogP contribution in [0.15, 0.2) is 4.63 Å². The molecule has 66 valence electrons. The Hall–Kier alpha value is -1.46. The molecule has 6 heteroatoms. The van der Waals surface area contributed by atoms with E-state index in [1.807, 2.05) is 23.9 Å². The van der Waals surface area contributed by atoms with Crippen molar-refractivity contribution in [2.24, 2.45) is 0 Å². The summed E-state index contributed by atoms with van der Waals surface area (Å²) in [7, 11) is 3.73. The minimum absolute atomic E-state index is 0.436. The molecule has 0 saturated heterocycles. The van der Waals surface area contributed by atoms with Gasteiger partial charge in [-0.1, -0.05) is 4.90 Å². The third-order valence-electron chi connectivity index (χ3n) is 2.07. The van der Waals surface area contributed by atoms with Crippen LogP contribution >= 0.6 is 0 Å². The largest absolute Gasteiger partial charge is 0.391 e. The van der Waals surface area contributed by atoms with Gasteiger partial charge >= 0.3 is 11.6 Å². The summed E-state index contributed by atoms with van der Waals surface area (Å²) < 4.78 is 4.49. The van der Waals surface area contributed by atoms with Crippen LogP contribution in [0.5, 0.6) is 0 Å². The molecule has 0 radical (unpaired) electrons. The zero-order valence-electron chi connectivity index (χ0n) is 7.02. The molecule has 6 nitrogen and oxygen atoms in total. The molecular weight excluding hydrogens is 160 g/mol. The molecule has 0 aromatic carbocycles. The van der Waals surface area contributed by atoms with Crippen molar-refractivity contribution in [3.05, 3.63) is 5.21 Å². The second-order valence-corrected chi connectivity index (χ2v) is 2.92. The maximum atomic E-state index is 11.0. The van der Waals surface area contributed by atoms with Gasteiger partial charge in [0.25, 0.3) is 0 Å². The molecule has 0 atom stereocenters. The fraction of sp³-hybridized carbons (Fsp3) is 0.667. The summed E-state index contributed by atoms with van der Waals surface area (Å²) >= 11 is 0. The third-order valence-corrected chi connectivity index (χ3v) is 2.07. The van der Waals surface area contributed by atoms with E-state index in [9.17, 15) is 5.21 Å². The number of likely N-dealkylation sites (N-methyl/N-ethyl adjacent to an activating group) is 2. The Labute approximate surface area is 69.5 Å². The molecule has 0 fully saturated rings. The predicted octanol–water partition coefficient (Wildman–Crippen LogP) is -0.806. The molecule has 12 heavy (non-hydrogen) atoms. The van der Waals surface area contributed by atoms with Crippen LogP contribution in [0.2, 0.25) is 0 Å². The van der Waals surface area contributed by atoms with Crippen molar-refractivity contribution in [3.8, 4) is 0 Å². The minimum Gasteiger partial charge on any atom is -0.391 e. The summed E-state index contributed by atoms with van der Waals surface area (Å²) in [6.45, 7) is 1.67. The van der Waals surface area contributed by atoms with Crippen molar-refractivity contribution in [1.82, 2.24) is 5.16 Å². The SMILES string of the molecule is CN1CCN(C)c2c1no[n+]2[O-]. The highest BCUT2D eigenvalue weighted by Crippen LogP contribution is 2.24. The van der Waals surface area contributed by atoms with Gasteiger partial charge in [0.15, 0.2) is 0 Å². The number of anilines is 2. The molecule has 0 saturated carbocycles. The van der Waals surface area contributed by atoms with Gasteiger partial charge in [0, 0.05) is 7.05 Å². The highest BCUT2D eigenvalue weighted by Gasteiger charge is 2.30. The molecule has 2 heterocycles. The normalized spacial score (nSPS) is 16.5. The first kappa shape index (κ1) is 7.20. The topological polar surface area (TPSA) is 59.5 Å². The van der Waals surface area contributed by atoms with E-state index in [1.54, 1.807) is 0 Å². The van der Waals surface area contributed by atoms with Crippen LogP contribution in [0.3, 0.4) is 0 Å². The highest BCUT2D eigenvalue weighted by molar-refractivity contribution is 5.60.